The van der Waals surface area contributed by atoms with Crippen molar-refractivity contribution in [3.8, 4) is 0 Å². The minimum Gasteiger partial charge on any atom is -0.319 e. The summed E-state index contributed by atoms with van der Waals surface area (Å²) in [6.07, 6.45) is 1.52. The van der Waals surface area contributed by atoms with Crippen molar-refractivity contribution in [2.24, 2.45) is 5.92 Å². The molecule has 15 heavy (non-hydrogen) atoms. The topological polar surface area (TPSA) is 46.9 Å². The number of aryl methyl sites for hydroxylation is 1. The second-order valence-electron chi connectivity index (χ2n) is 3.48. The molecule has 0 saturated heterocycles. The SMILES string of the molecule is CCn1ncc(Cl)c1C(=O)C(C)CNC. The highest BCUT2D eigenvalue weighted by atomic mass is 35.5. The van der Waals surface area contributed by atoms with E-state index in [0.29, 0.717) is 23.8 Å². The molecule has 0 amide bonds. The second kappa shape index (κ2) is 5.28. The Balaban J connectivity index is 2.94. The molecule has 1 N–H and O–H groups in total. The predicted molar refractivity (Wildman–Crippen MR) is 60.3 cm³/mol. The van der Waals surface area contributed by atoms with E-state index < -0.39 is 0 Å². The zero-order valence-electron chi connectivity index (χ0n) is 9.25. The van der Waals surface area contributed by atoms with Gasteiger partial charge in [-0.05, 0) is 14.0 Å². The average molecular weight is 230 g/mol. The number of aromatic nitrogens is 2. The molecule has 0 aromatic carbocycles. The Morgan fingerprint density at radius 1 is 1.73 bits per heavy atom. The fraction of sp³-hybridized carbons (Fsp3) is 0.600. The summed E-state index contributed by atoms with van der Waals surface area (Å²) in [5.74, 6) is -0.0526. The highest BCUT2D eigenvalue weighted by molar-refractivity contribution is 6.33. The number of rotatable bonds is 5. The third-order valence-electron chi connectivity index (χ3n) is 2.29. The van der Waals surface area contributed by atoms with Crippen molar-refractivity contribution in [3.05, 3.63) is 16.9 Å². The lowest BCUT2D eigenvalue weighted by Crippen LogP contribution is -2.25. The Bertz CT molecular complexity index is 348. The van der Waals surface area contributed by atoms with Crippen molar-refractivity contribution in [1.82, 2.24) is 15.1 Å². The summed E-state index contributed by atoms with van der Waals surface area (Å²) in [5, 5.41) is 7.45. The minimum absolute atomic E-state index is 0.0358. The number of carbonyl (C=O) groups excluding carboxylic acids is 1. The van der Waals surface area contributed by atoms with Gasteiger partial charge in [0.25, 0.3) is 0 Å². The Hall–Kier alpha value is -0.870. The van der Waals surface area contributed by atoms with Crippen LogP contribution in [0.5, 0.6) is 0 Å². The van der Waals surface area contributed by atoms with Gasteiger partial charge in [-0.15, -0.1) is 0 Å². The summed E-state index contributed by atoms with van der Waals surface area (Å²) in [7, 11) is 1.82. The summed E-state index contributed by atoms with van der Waals surface area (Å²) >= 11 is 5.94. The van der Waals surface area contributed by atoms with E-state index in [1.807, 2.05) is 20.9 Å². The fourth-order valence-electron chi connectivity index (χ4n) is 1.48. The van der Waals surface area contributed by atoms with Crippen LogP contribution in [-0.4, -0.2) is 29.2 Å². The van der Waals surface area contributed by atoms with Crippen LogP contribution < -0.4 is 5.32 Å². The molecule has 0 fully saturated rings. The smallest absolute Gasteiger partial charge is 0.186 e. The van der Waals surface area contributed by atoms with Gasteiger partial charge in [0.15, 0.2) is 5.78 Å². The number of nitrogens with zero attached hydrogens (tertiary/aromatic N) is 2. The lowest BCUT2D eigenvalue weighted by atomic mass is 10.0. The first-order valence-electron chi connectivity index (χ1n) is 5.01. The highest BCUT2D eigenvalue weighted by Gasteiger charge is 2.21. The Kier molecular flexibility index (Phi) is 4.29. The lowest BCUT2D eigenvalue weighted by molar-refractivity contribution is 0.0919. The molecule has 4 nitrogen and oxygen atoms in total. The molecule has 1 heterocycles. The minimum atomic E-state index is -0.0884. The number of ketones is 1. The van der Waals surface area contributed by atoms with Gasteiger partial charge in [-0.25, -0.2) is 0 Å². The monoisotopic (exact) mass is 229 g/mol. The van der Waals surface area contributed by atoms with Crippen LogP contribution in [0.25, 0.3) is 0 Å². The second-order valence-corrected chi connectivity index (χ2v) is 3.89. The Labute approximate surface area is 94.6 Å². The molecule has 0 aliphatic rings. The first-order chi connectivity index (χ1) is 7.11. The fourth-order valence-corrected chi connectivity index (χ4v) is 1.71. The van der Waals surface area contributed by atoms with Crippen LogP contribution >= 0.6 is 11.6 Å². The van der Waals surface area contributed by atoms with E-state index in [4.69, 9.17) is 11.6 Å². The first-order valence-corrected chi connectivity index (χ1v) is 5.39. The number of nitrogens with one attached hydrogen (secondary N) is 1. The maximum Gasteiger partial charge on any atom is 0.186 e. The summed E-state index contributed by atoms with van der Waals surface area (Å²) in [5.41, 5.74) is 0.516. The number of Topliss-reactive ketones (excluding diaryl/α,β-unsaturated/α-hetero) is 1. The van der Waals surface area contributed by atoms with Crippen molar-refractivity contribution in [1.29, 1.82) is 0 Å². The van der Waals surface area contributed by atoms with Gasteiger partial charge in [0, 0.05) is 19.0 Å². The van der Waals surface area contributed by atoms with Crippen LogP contribution in [0.4, 0.5) is 0 Å². The molecule has 5 heteroatoms. The van der Waals surface area contributed by atoms with E-state index in [0.717, 1.165) is 0 Å². The third-order valence-corrected chi connectivity index (χ3v) is 2.56. The van der Waals surface area contributed by atoms with E-state index in [1.54, 1.807) is 4.68 Å². The van der Waals surface area contributed by atoms with Crippen molar-refractivity contribution < 1.29 is 4.79 Å². The van der Waals surface area contributed by atoms with E-state index >= 15 is 0 Å². The lowest BCUT2D eigenvalue weighted by Gasteiger charge is -2.10. The summed E-state index contributed by atoms with van der Waals surface area (Å²) in [6.45, 7) is 5.11. The van der Waals surface area contributed by atoms with Crippen LogP contribution in [0.1, 0.15) is 24.3 Å². The molecule has 0 bridgehead atoms. The van der Waals surface area contributed by atoms with Crippen LogP contribution in [0.15, 0.2) is 6.20 Å². The average Bonchev–Trinajstić information content (AvgIpc) is 2.58. The molecule has 1 rings (SSSR count). The molecule has 0 radical (unpaired) electrons. The first kappa shape index (κ1) is 12.2. The van der Waals surface area contributed by atoms with Crippen LogP contribution in [0, 0.1) is 5.92 Å². The molecule has 1 aromatic heterocycles. The number of carbonyl (C=O) groups is 1. The Morgan fingerprint density at radius 2 is 2.40 bits per heavy atom. The molecular formula is C10H16ClN3O. The van der Waals surface area contributed by atoms with Gasteiger partial charge >= 0.3 is 0 Å². The van der Waals surface area contributed by atoms with Crippen LogP contribution in [0.3, 0.4) is 0 Å². The maximum absolute atomic E-state index is 12.0. The van der Waals surface area contributed by atoms with E-state index in [1.165, 1.54) is 6.20 Å². The van der Waals surface area contributed by atoms with Crippen molar-refractivity contribution in [3.63, 3.8) is 0 Å². The molecule has 0 aliphatic carbocycles. The molecule has 1 aromatic rings. The summed E-state index contributed by atoms with van der Waals surface area (Å²) in [4.78, 5) is 12.0. The van der Waals surface area contributed by atoms with Gasteiger partial charge in [0.05, 0.1) is 11.2 Å². The predicted octanol–water partition coefficient (Wildman–Crippen LogP) is 1.59. The quantitative estimate of drug-likeness (QED) is 0.781. The Morgan fingerprint density at radius 3 is 2.93 bits per heavy atom. The molecule has 84 valence electrons. The molecule has 0 spiro atoms. The molecular weight excluding hydrogens is 214 g/mol. The van der Waals surface area contributed by atoms with Gasteiger partial charge in [-0.2, -0.15) is 5.10 Å². The largest absolute Gasteiger partial charge is 0.319 e. The molecule has 1 atom stereocenters. The van der Waals surface area contributed by atoms with E-state index in [2.05, 4.69) is 10.4 Å². The summed E-state index contributed by atoms with van der Waals surface area (Å²) in [6, 6.07) is 0. The van der Waals surface area contributed by atoms with Crippen molar-refractivity contribution >= 4 is 17.4 Å². The van der Waals surface area contributed by atoms with E-state index in [-0.39, 0.29) is 11.7 Å². The normalized spacial score (nSPS) is 12.8. The van der Waals surface area contributed by atoms with Gasteiger partial charge in [0.2, 0.25) is 0 Å². The third kappa shape index (κ3) is 2.58. The van der Waals surface area contributed by atoms with Crippen molar-refractivity contribution in [2.75, 3.05) is 13.6 Å². The molecule has 0 aliphatic heterocycles. The zero-order valence-corrected chi connectivity index (χ0v) is 10.0. The number of halogens is 1. The molecule has 0 saturated carbocycles. The number of hydrogen-bond donors (Lipinski definition) is 1. The summed E-state index contributed by atoms with van der Waals surface area (Å²) < 4.78 is 1.64. The van der Waals surface area contributed by atoms with Gasteiger partial charge in [-0.1, -0.05) is 18.5 Å². The number of hydrogen-bond acceptors (Lipinski definition) is 3. The van der Waals surface area contributed by atoms with Crippen LogP contribution in [-0.2, 0) is 6.54 Å². The van der Waals surface area contributed by atoms with E-state index in [9.17, 15) is 4.79 Å². The standard InChI is InChI=1S/C10H16ClN3O/c1-4-14-9(8(11)6-13-14)10(15)7(2)5-12-3/h6-7,12H,4-5H2,1-3H3. The zero-order chi connectivity index (χ0) is 11.4. The van der Waals surface area contributed by atoms with Gasteiger partial charge in [0.1, 0.15) is 5.69 Å². The van der Waals surface area contributed by atoms with Gasteiger partial charge in [-0.3, -0.25) is 9.48 Å². The van der Waals surface area contributed by atoms with Crippen LogP contribution in [0.2, 0.25) is 5.02 Å². The maximum atomic E-state index is 12.0. The van der Waals surface area contributed by atoms with Gasteiger partial charge < -0.3 is 5.32 Å². The highest BCUT2D eigenvalue weighted by Crippen LogP contribution is 2.18. The van der Waals surface area contributed by atoms with Crippen molar-refractivity contribution in [2.45, 2.75) is 20.4 Å². The molecule has 1 unspecified atom stereocenters.